The lowest BCUT2D eigenvalue weighted by molar-refractivity contribution is 0.596. The van der Waals surface area contributed by atoms with Gasteiger partial charge in [-0.1, -0.05) is 94.8 Å². The summed E-state index contributed by atoms with van der Waals surface area (Å²) in [7, 11) is 0. The van der Waals surface area contributed by atoms with E-state index >= 15 is 0 Å². The maximum absolute atomic E-state index is 6.60. The van der Waals surface area contributed by atoms with Gasteiger partial charge in [0.05, 0.1) is 5.41 Å². The van der Waals surface area contributed by atoms with Crippen molar-refractivity contribution in [3.05, 3.63) is 123 Å². The molecule has 1 atom stereocenters. The van der Waals surface area contributed by atoms with Crippen LogP contribution in [0.2, 0.25) is 0 Å². The summed E-state index contributed by atoms with van der Waals surface area (Å²) in [5.41, 5.74) is 12.6. The molecule has 0 amide bonds. The average Bonchev–Trinajstić information content (AvgIpc) is 3.48. The zero-order chi connectivity index (χ0) is 21.7. The molecule has 1 nitrogen and oxygen atoms in total. The number of benzene rings is 4. The maximum Gasteiger partial charge on any atom is 0.143 e. The highest BCUT2D eigenvalue weighted by Crippen LogP contribution is 2.64. The largest absolute Gasteiger partial charge is 0.456 e. The first-order valence-corrected chi connectivity index (χ1v) is 12.3. The van der Waals surface area contributed by atoms with Crippen LogP contribution in [-0.2, 0) is 11.8 Å². The molecule has 1 spiro atoms. The molecule has 156 valence electrons. The summed E-state index contributed by atoms with van der Waals surface area (Å²) >= 11 is 3.88. The summed E-state index contributed by atoms with van der Waals surface area (Å²) in [5.74, 6) is 1.03. The van der Waals surface area contributed by atoms with Gasteiger partial charge in [-0.2, -0.15) is 0 Å². The van der Waals surface area contributed by atoms with Gasteiger partial charge in [-0.3, -0.25) is 0 Å². The molecule has 5 aromatic rings. The Balaban J connectivity index is 1.60. The Labute approximate surface area is 200 Å². The predicted octanol–water partition coefficient (Wildman–Crippen LogP) is 8.50. The van der Waals surface area contributed by atoms with Crippen molar-refractivity contribution in [2.24, 2.45) is 0 Å². The fourth-order valence-corrected chi connectivity index (χ4v) is 7.24. The molecule has 0 bridgehead atoms. The van der Waals surface area contributed by atoms with Crippen molar-refractivity contribution in [1.82, 2.24) is 0 Å². The molecule has 1 heterocycles. The fraction of sp³-hybridized carbons (Fsp3) is 0.0968. The molecule has 0 aliphatic heterocycles. The summed E-state index contributed by atoms with van der Waals surface area (Å²) in [6, 6.07) is 29.2. The molecule has 2 heteroatoms. The minimum absolute atomic E-state index is 0.334. The molecule has 1 unspecified atom stereocenters. The number of hydrogen-bond acceptors (Lipinski definition) is 1. The zero-order valence-corrected chi connectivity index (χ0v) is 19.4. The first-order chi connectivity index (χ1) is 16.3. The van der Waals surface area contributed by atoms with Crippen LogP contribution < -0.4 is 0 Å². The lowest BCUT2D eigenvalue weighted by atomic mass is 9.70. The predicted molar refractivity (Wildman–Crippen MR) is 138 cm³/mol. The van der Waals surface area contributed by atoms with Crippen LogP contribution in [0.3, 0.4) is 0 Å². The number of allylic oxidation sites excluding steroid dienone is 1. The van der Waals surface area contributed by atoms with Gasteiger partial charge in [0.1, 0.15) is 11.3 Å². The second kappa shape index (κ2) is 6.15. The Hall–Kier alpha value is -3.36. The monoisotopic (exact) mass is 486 g/mol. The molecule has 1 aromatic heterocycles. The normalized spacial score (nSPS) is 18.8. The van der Waals surface area contributed by atoms with Crippen molar-refractivity contribution in [1.29, 1.82) is 0 Å². The van der Waals surface area contributed by atoms with Crippen LogP contribution in [-0.4, -0.2) is 0 Å². The van der Waals surface area contributed by atoms with Crippen molar-refractivity contribution in [2.45, 2.75) is 18.3 Å². The lowest BCUT2D eigenvalue weighted by Crippen LogP contribution is -2.25. The third-order valence-electron chi connectivity index (χ3n) is 7.84. The Morgan fingerprint density at radius 2 is 1.39 bits per heavy atom. The topological polar surface area (TPSA) is 13.1 Å². The molecule has 33 heavy (non-hydrogen) atoms. The number of hydrogen-bond donors (Lipinski definition) is 0. The minimum Gasteiger partial charge on any atom is -0.456 e. The highest BCUT2D eigenvalue weighted by molar-refractivity contribution is 9.10. The van der Waals surface area contributed by atoms with Gasteiger partial charge < -0.3 is 4.42 Å². The average molecular weight is 487 g/mol. The first kappa shape index (κ1) is 18.1. The highest BCUT2D eigenvalue weighted by atomic mass is 79.9. The number of furan rings is 1. The van der Waals surface area contributed by atoms with Gasteiger partial charge in [-0.05, 0) is 58.4 Å². The summed E-state index contributed by atoms with van der Waals surface area (Å²) in [5, 5.41) is 1.26. The second-order valence-electron chi connectivity index (χ2n) is 9.25. The quantitative estimate of drug-likeness (QED) is 0.209. The van der Waals surface area contributed by atoms with E-state index in [9.17, 15) is 0 Å². The number of aryl methyl sites for hydroxylation is 1. The van der Waals surface area contributed by atoms with Crippen molar-refractivity contribution >= 4 is 33.0 Å². The SMILES string of the molecule is Brc1cccc2c1-c1ccccc1C21c2ccccc2-c2c1ccc1c3c(oc21)C=CCC3. The molecule has 3 aliphatic carbocycles. The van der Waals surface area contributed by atoms with Gasteiger partial charge >= 0.3 is 0 Å². The van der Waals surface area contributed by atoms with Crippen LogP contribution in [0.25, 0.3) is 39.3 Å². The van der Waals surface area contributed by atoms with Gasteiger partial charge in [0.15, 0.2) is 0 Å². The summed E-state index contributed by atoms with van der Waals surface area (Å²) < 4.78 is 7.74. The van der Waals surface area contributed by atoms with E-state index in [2.05, 4.69) is 107 Å². The van der Waals surface area contributed by atoms with Gasteiger partial charge in [0.25, 0.3) is 0 Å². The Morgan fingerprint density at radius 1 is 0.697 bits per heavy atom. The summed E-state index contributed by atoms with van der Waals surface area (Å²) in [6.07, 6.45) is 6.50. The molecule has 0 radical (unpaired) electrons. The molecule has 8 rings (SSSR count). The lowest BCUT2D eigenvalue weighted by Gasteiger charge is -2.30. The van der Waals surface area contributed by atoms with E-state index in [1.807, 2.05) is 0 Å². The van der Waals surface area contributed by atoms with Crippen LogP contribution in [0, 0.1) is 0 Å². The minimum atomic E-state index is -0.334. The van der Waals surface area contributed by atoms with E-state index < -0.39 is 0 Å². The van der Waals surface area contributed by atoms with Gasteiger partial charge in [-0.15, -0.1) is 0 Å². The molecular weight excluding hydrogens is 468 g/mol. The molecule has 0 saturated carbocycles. The van der Waals surface area contributed by atoms with E-state index in [1.165, 1.54) is 55.5 Å². The van der Waals surface area contributed by atoms with Crippen LogP contribution in [0.4, 0.5) is 0 Å². The van der Waals surface area contributed by atoms with Crippen LogP contribution >= 0.6 is 15.9 Å². The smallest absolute Gasteiger partial charge is 0.143 e. The van der Waals surface area contributed by atoms with Gasteiger partial charge in [0, 0.05) is 26.5 Å². The Bertz CT molecular complexity index is 1690. The Kier molecular flexibility index (Phi) is 3.38. The standard InChI is InChI=1S/C31H19BrO/c32-26-14-7-13-24-28(26)20-9-1-4-11-22(20)31(24)23-12-5-2-10-21(23)29-25(31)17-16-19-18-8-3-6-15-27(18)33-30(19)29/h1-2,4-7,9-17H,3,8H2. The molecular formula is C31H19BrO. The third-order valence-corrected chi connectivity index (χ3v) is 8.51. The Morgan fingerprint density at radius 3 is 2.21 bits per heavy atom. The van der Waals surface area contributed by atoms with E-state index in [4.69, 9.17) is 4.42 Å². The third kappa shape index (κ3) is 2.01. The summed E-state index contributed by atoms with van der Waals surface area (Å²) in [4.78, 5) is 0. The molecule has 3 aliphatic rings. The summed E-state index contributed by atoms with van der Waals surface area (Å²) in [6.45, 7) is 0. The zero-order valence-electron chi connectivity index (χ0n) is 17.9. The van der Waals surface area contributed by atoms with E-state index in [1.54, 1.807) is 0 Å². The van der Waals surface area contributed by atoms with E-state index in [0.29, 0.717) is 0 Å². The second-order valence-corrected chi connectivity index (χ2v) is 10.1. The molecule has 4 aromatic carbocycles. The molecule has 0 N–H and O–H groups in total. The van der Waals surface area contributed by atoms with Crippen LogP contribution in [0.5, 0.6) is 0 Å². The fourth-order valence-electron chi connectivity index (χ4n) is 6.66. The van der Waals surface area contributed by atoms with Crippen LogP contribution in [0.1, 0.15) is 40.0 Å². The molecule has 0 saturated heterocycles. The van der Waals surface area contributed by atoms with E-state index in [0.717, 1.165) is 28.7 Å². The first-order valence-electron chi connectivity index (χ1n) is 11.5. The van der Waals surface area contributed by atoms with Gasteiger partial charge in [0.2, 0.25) is 0 Å². The van der Waals surface area contributed by atoms with Gasteiger partial charge in [-0.25, -0.2) is 0 Å². The number of fused-ring (bicyclic) bond motifs is 14. The van der Waals surface area contributed by atoms with Crippen molar-refractivity contribution in [3.8, 4) is 22.3 Å². The van der Waals surface area contributed by atoms with Crippen molar-refractivity contribution < 1.29 is 4.42 Å². The van der Waals surface area contributed by atoms with Crippen molar-refractivity contribution in [2.75, 3.05) is 0 Å². The maximum atomic E-state index is 6.60. The molecule has 0 fully saturated rings. The number of halogens is 1. The highest BCUT2D eigenvalue weighted by Gasteiger charge is 2.52. The number of rotatable bonds is 0. The van der Waals surface area contributed by atoms with E-state index in [-0.39, 0.29) is 5.41 Å². The van der Waals surface area contributed by atoms with Crippen LogP contribution in [0.15, 0.2) is 93.8 Å². The van der Waals surface area contributed by atoms with Crippen molar-refractivity contribution in [3.63, 3.8) is 0 Å².